The molecule has 166 valence electrons. The number of ether oxygens (including phenoxy) is 1. The fourth-order valence-corrected chi connectivity index (χ4v) is 6.85. The maximum atomic E-state index is 13.1. The number of carbonyl (C=O) groups excluding carboxylic acids is 1. The third-order valence-corrected chi connectivity index (χ3v) is 8.41. The number of fused-ring (bicyclic) bond motifs is 6. The number of aromatic amines is 1. The van der Waals surface area contributed by atoms with E-state index in [1.165, 1.54) is 22.2 Å². The highest BCUT2D eigenvalue weighted by Crippen LogP contribution is 2.49. The fraction of sp³-hybridized carbons (Fsp3) is 0.640. The predicted molar refractivity (Wildman–Crippen MR) is 119 cm³/mol. The van der Waals surface area contributed by atoms with Crippen LogP contribution in [0.3, 0.4) is 0 Å². The highest BCUT2D eigenvalue weighted by atomic mass is 16.5. The summed E-state index contributed by atoms with van der Waals surface area (Å²) < 4.78 is 5.76. The number of rotatable bonds is 3. The Morgan fingerprint density at radius 2 is 2.13 bits per heavy atom. The summed E-state index contributed by atoms with van der Waals surface area (Å²) in [6.07, 6.45) is 5.33. The summed E-state index contributed by atoms with van der Waals surface area (Å²) in [5, 5.41) is 15.6. The van der Waals surface area contributed by atoms with Crippen molar-refractivity contribution in [3.8, 4) is 0 Å². The molecule has 2 saturated heterocycles. The summed E-state index contributed by atoms with van der Waals surface area (Å²) in [5.74, 6) is 0.0771. The van der Waals surface area contributed by atoms with Crippen molar-refractivity contribution in [2.75, 3.05) is 26.2 Å². The van der Waals surface area contributed by atoms with Crippen LogP contribution in [0.5, 0.6) is 0 Å². The Kier molecular flexibility index (Phi) is 5.04. The first kappa shape index (κ1) is 19.8. The molecule has 0 spiro atoms. The molecule has 3 fully saturated rings. The van der Waals surface area contributed by atoms with Gasteiger partial charge in [-0.15, -0.1) is 0 Å². The predicted octanol–water partition coefficient (Wildman–Crippen LogP) is 2.77. The summed E-state index contributed by atoms with van der Waals surface area (Å²) in [4.78, 5) is 19.4. The van der Waals surface area contributed by atoms with Crippen LogP contribution in [-0.2, 0) is 16.0 Å². The molecule has 4 heterocycles. The van der Waals surface area contributed by atoms with Gasteiger partial charge in [0.05, 0.1) is 18.1 Å². The maximum Gasteiger partial charge on any atom is 0.311 e. The van der Waals surface area contributed by atoms with Gasteiger partial charge >= 0.3 is 5.97 Å². The van der Waals surface area contributed by atoms with Gasteiger partial charge in [0.25, 0.3) is 0 Å². The normalized spacial score (nSPS) is 35.4. The largest absolute Gasteiger partial charge is 0.464 e. The van der Waals surface area contributed by atoms with Crippen LogP contribution < -0.4 is 5.32 Å². The Morgan fingerprint density at radius 3 is 3.00 bits per heavy atom. The smallest absolute Gasteiger partial charge is 0.311 e. The maximum absolute atomic E-state index is 13.1. The van der Waals surface area contributed by atoms with Crippen molar-refractivity contribution < 1.29 is 14.6 Å². The quantitative estimate of drug-likeness (QED) is 0.662. The third kappa shape index (κ3) is 3.40. The van der Waals surface area contributed by atoms with Crippen LogP contribution in [-0.4, -0.2) is 59.3 Å². The Bertz CT molecular complexity index is 966. The average Bonchev–Trinajstić information content (AvgIpc) is 3.44. The van der Waals surface area contributed by atoms with E-state index in [0.29, 0.717) is 25.0 Å². The number of hydrogen-bond acceptors (Lipinski definition) is 5. The molecular weight excluding hydrogens is 390 g/mol. The molecule has 0 amide bonds. The molecule has 6 atom stereocenters. The molecule has 2 aromatic rings. The number of nitrogens with one attached hydrogen (secondary N) is 2. The minimum absolute atomic E-state index is 0.183. The lowest BCUT2D eigenvalue weighted by atomic mass is 9.65. The molecule has 1 aromatic carbocycles. The lowest BCUT2D eigenvalue weighted by Gasteiger charge is -2.51. The lowest BCUT2D eigenvalue weighted by molar-refractivity contribution is -0.164. The Balaban J connectivity index is 1.25. The summed E-state index contributed by atoms with van der Waals surface area (Å²) in [6.45, 7) is 3.53. The zero-order valence-corrected chi connectivity index (χ0v) is 18.1. The second-order valence-corrected chi connectivity index (χ2v) is 10.1. The minimum atomic E-state index is -0.581. The fourth-order valence-electron chi connectivity index (χ4n) is 6.85. The molecule has 4 aliphatic rings. The van der Waals surface area contributed by atoms with Gasteiger partial charge in [0.1, 0.15) is 6.61 Å². The number of carbonyl (C=O) groups is 1. The highest BCUT2D eigenvalue weighted by Gasteiger charge is 2.49. The van der Waals surface area contributed by atoms with Gasteiger partial charge < -0.3 is 20.1 Å². The molecule has 0 unspecified atom stereocenters. The van der Waals surface area contributed by atoms with E-state index in [-0.39, 0.29) is 17.9 Å². The number of esters is 1. The van der Waals surface area contributed by atoms with E-state index in [9.17, 15) is 9.90 Å². The Hall–Kier alpha value is -1.89. The number of hydrogen-bond donors (Lipinski definition) is 3. The van der Waals surface area contributed by atoms with Gasteiger partial charge in [-0.3, -0.25) is 9.69 Å². The zero-order chi connectivity index (χ0) is 20.9. The van der Waals surface area contributed by atoms with E-state index in [1.807, 2.05) is 0 Å². The van der Waals surface area contributed by atoms with E-state index in [0.717, 1.165) is 51.7 Å². The molecule has 1 saturated carbocycles. The van der Waals surface area contributed by atoms with Crippen molar-refractivity contribution in [1.29, 1.82) is 0 Å². The first-order valence-electron chi connectivity index (χ1n) is 12.1. The number of benzene rings is 1. The van der Waals surface area contributed by atoms with Crippen LogP contribution in [0.25, 0.3) is 10.9 Å². The third-order valence-electron chi connectivity index (χ3n) is 8.41. The number of aliphatic hydroxyl groups is 1. The lowest BCUT2D eigenvalue weighted by Crippen LogP contribution is -2.53. The van der Waals surface area contributed by atoms with E-state index in [4.69, 9.17) is 4.74 Å². The number of aliphatic hydroxyl groups excluding tert-OH is 1. The first-order chi connectivity index (χ1) is 15.2. The van der Waals surface area contributed by atoms with Crippen molar-refractivity contribution >= 4 is 16.9 Å². The molecule has 6 rings (SSSR count). The highest BCUT2D eigenvalue weighted by molar-refractivity contribution is 5.85. The molecule has 1 aliphatic carbocycles. The van der Waals surface area contributed by atoms with Crippen LogP contribution in [0.4, 0.5) is 0 Å². The number of nitrogens with zero attached hydrogens (tertiary/aromatic N) is 1. The summed E-state index contributed by atoms with van der Waals surface area (Å²) >= 11 is 0. The van der Waals surface area contributed by atoms with Crippen molar-refractivity contribution in [3.63, 3.8) is 0 Å². The number of aromatic nitrogens is 1. The molecule has 3 N–H and O–H groups in total. The number of piperidine rings is 1. The Morgan fingerprint density at radius 1 is 1.23 bits per heavy atom. The van der Waals surface area contributed by atoms with E-state index in [2.05, 4.69) is 39.5 Å². The standard InChI is InChI=1S/C25H33N3O3/c29-22-8-7-15-13-28-11-9-18-17-5-1-2-6-20(17)27-24(18)21(28)12-19(15)23(22)25(30)31-14-16-4-3-10-26-16/h1-2,5-6,15-16,19,21-23,26-27,29H,3-4,7-14H2/t15-,16-,19-,21-,22-,23+/m0/s1. The van der Waals surface area contributed by atoms with E-state index in [1.54, 1.807) is 0 Å². The first-order valence-corrected chi connectivity index (χ1v) is 12.1. The molecule has 1 aromatic heterocycles. The van der Waals surface area contributed by atoms with Crippen LogP contribution >= 0.6 is 0 Å². The van der Waals surface area contributed by atoms with Crippen molar-refractivity contribution in [1.82, 2.24) is 15.2 Å². The monoisotopic (exact) mass is 423 g/mol. The molecule has 0 bridgehead atoms. The average molecular weight is 424 g/mol. The SMILES string of the molecule is O=C(OC[C@@H]1CCCN1)[C@@H]1[C@H]2C[C@H]3c4[nH]c5ccccc5c4CCN3C[C@@H]2CC[C@@H]1O. The second kappa shape index (κ2) is 7.91. The van der Waals surface area contributed by atoms with Crippen LogP contribution in [0.15, 0.2) is 24.3 Å². The van der Waals surface area contributed by atoms with E-state index >= 15 is 0 Å². The van der Waals surface area contributed by atoms with Gasteiger partial charge in [0.15, 0.2) is 0 Å². The number of para-hydroxylation sites is 1. The zero-order valence-electron chi connectivity index (χ0n) is 18.1. The Labute approximate surface area is 183 Å². The number of H-pyrrole nitrogens is 1. The van der Waals surface area contributed by atoms with Crippen LogP contribution in [0.1, 0.15) is 49.4 Å². The van der Waals surface area contributed by atoms with Gasteiger partial charge in [-0.05, 0) is 68.5 Å². The van der Waals surface area contributed by atoms with Gasteiger partial charge in [0, 0.05) is 35.7 Å². The summed E-state index contributed by atoms with van der Waals surface area (Å²) in [6, 6.07) is 9.15. The summed E-state index contributed by atoms with van der Waals surface area (Å²) in [7, 11) is 0. The molecular formula is C25H33N3O3. The molecule has 6 heteroatoms. The van der Waals surface area contributed by atoms with Crippen molar-refractivity contribution in [3.05, 3.63) is 35.5 Å². The molecule has 6 nitrogen and oxygen atoms in total. The summed E-state index contributed by atoms with van der Waals surface area (Å²) in [5.41, 5.74) is 3.98. The van der Waals surface area contributed by atoms with Gasteiger partial charge in [-0.2, -0.15) is 0 Å². The van der Waals surface area contributed by atoms with Crippen LogP contribution in [0, 0.1) is 17.8 Å². The van der Waals surface area contributed by atoms with Gasteiger partial charge in [0.2, 0.25) is 0 Å². The molecule has 31 heavy (non-hydrogen) atoms. The van der Waals surface area contributed by atoms with E-state index < -0.39 is 12.0 Å². The molecule has 0 radical (unpaired) electrons. The van der Waals surface area contributed by atoms with Gasteiger partial charge in [-0.1, -0.05) is 18.2 Å². The second-order valence-electron chi connectivity index (χ2n) is 10.1. The topological polar surface area (TPSA) is 77.6 Å². The van der Waals surface area contributed by atoms with Gasteiger partial charge in [-0.25, -0.2) is 0 Å². The van der Waals surface area contributed by atoms with Crippen molar-refractivity contribution in [2.24, 2.45) is 17.8 Å². The van der Waals surface area contributed by atoms with Crippen molar-refractivity contribution in [2.45, 2.75) is 56.7 Å². The van der Waals surface area contributed by atoms with Crippen LogP contribution in [0.2, 0.25) is 0 Å². The minimum Gasteiger partial charge on any atom is -0.464 e. The molecule has 3 aliphatic heterocycles.